The Bertz CT molecular complexity index is 493. The van der Waals surface area contributed by atoms with E-state index in [1.807, 2.05) is 24.3 Å². The summed E-state index contributed by atoms with van der Waals surface area (Å²) in [5.41, 5.74) is 1.83. The van der Waals surface area contributed by atoms with E-state index in [4.69, 9.17) is 0 Å². The first kappa shape index (κ1) is 14.6. The smallest absolute Gasteiger partial charge is 0.313 e. The Morgan fingerprint density at radius 2 is 1.90 bits per heavy atom. The number of amides is 2. The quantitative estimate of drug-likeness (QED) is 0.862. The van der Waals surface area contributed by atoms with E-state index in [0.717, 1.165) is 30.5 Å². The van der Waals surface area contributed by atoms with Crippen molar-refractivity contribution in [2.45, 2.75) is 39.0 Å². The molecular weight excluding hydrogens is 252 g/mol. The van der Waals surface area contributed by atoms with Crippen LogP contribution in [0.5, 0.6) is 0 Å². The number of hydrogen-bond acceptors (Lipinski definition) is 2. The molecule has 0 spiro atoms. The third kappa shape index (κ3) is 3.18. The number of carbonyl (C=O) groups is 2. The van der Waals surface area contributed by atoms with Gasteiger partial charge in [0.1, 0.15) is 0 Å². The van der Waals surface area contributed by atoms with E-state index < -0.39 is 11.8 Å². The van der Waals surface area contributed by atoms with E-state index in [2.05, 4.69) is 19.2 Å². The van der Waals surface area contributed by atoms with Gasteiger partial charge in [-0.05, 0) is 36.8 Å². The lowest BCUT2D eigenvalue weighted by atomic mass is 9.97. The van der Waals surface area contributed by atoms with Crippen LogP contribution in [0.15, 0.2) is 24.3 Å². The minimum absolute atomic E-state index is 0.355. The second-order valence-corrected chi connectivity index (χ2v) is 5.35. The molecule has 4 nitrogen and oxygen atoms in total. The van der Waals surface area contributed by atoms with Crippen LogP contribution < -0.4 is 5.32 Å². The van der Waals surface area contributed by atoms with Crippen LogP contribution in [0.4, 0.5) is 5.69 Å². The molecule has 1 N–H and O–H groups in total. The summed E-state index contributed by atoms with van der Waals surface area (Å²) in [4.78, 5) is 25.7. The molecule has 0 saturated carbocycles. The third-order valence-electron chi connectivity index (χ3n) is 3.94. The van der Waals surface area contributed by atoms with E-state index in [1.54, 1.807) is 4.90 Å². The van der Waals surface area contributed by atoms with Crippen LogP contribution in [0.3, 0.4) is 0 Å². The van der Waals surface area contributed by atoms with Gasteiger partial charge in [-0.15, -0.1) is 0 Å². The van der Waals surface area contributed by atoms with E-state index in [-0.39, 0.29) is 0 Å². The van der Waals surface area contributed by atoms with Crippen LogP contribution >= 0.6 is 0 Å². The van der Waals surface area contributed by atoms with Crippen LogP contribution in [0.1, 0.15) is 44.6 Å². The molecule has 1 unspecified atom stereocenters. The molecule has 0 aromatic heterocycles. The van der Waals surface area contributed by atoms with Gasteiger partial charge in [0.2, 0.25) is 0 Å². The van der Waals surface area contributed by atoms with E-state index in [1.165, 1.54) is 0 Å². The first-order valence-corrected chi connectivity index (χ1v) is 7.32. The van der Waals surface area contributed by atoms with Crippen molar-refractivity contribution in [1.82, 2.24) is 4.90 Å². The minimum Gasteiger partial charge on any atom is -0.334 e. The zero-order valence-electron chi connectivity index (χ0n) is 12.2. The molecule has 0 bridgehead atoms. The van der Waals surface area contributed by atoms with Crippen LogP contribution in [0.2, 0.25) is 0 Å². The van der Waals surface area contributed by atoms with Crippen molar-refractivity contribution in [3.63, 3.8) is 0 Å². The van der Waals surface area contributed by atoms with Crippen molar-refractivity contribution in [2.24, 2.45) is 0 Å². The molecule has 1 saturated heterocycles. The summed E-state index contributed by atoms with van der Waals surface area (Å²) in [5.74, 6) is -0.586. The summed E-state index contributed by atoms with van der Waals surface area (Å²) in [5, 5.41) is 2.77. The van der Waals surface area contributed by atoms with Crippen molar-refractivity contribution in [2.75, 3.05) is 18.4 Å². The van der Waals surface area contributed by atoms with Gasteiger partial charge >= 0.3 is 11.8 Å². The molecule has 1 aromatic carbocycles. The van der Waals surface area contributed by atoms with Crippen LogP contribution in [-0.4, -0.2) is 29.8 Å². The Morgan fingerprint density at radius 3 is 2.55 bits per heavy atom. The molecule has 0 radical (unpaired) electrons. The van der Waals surface area contributed by atoms with Gasteiger partial charge in [0.15, 0.2) is 0 Å². The standard InChI is InChI=1S/C16H22N2O2/c1-3-12(2)13-8-4-5-9-14(13)17-15(19)16(20)18-10-6-7-11-18/h4-5,8-9,12H,3,6-7,10-11H2,1-2H3,(H,17,19). The maximum Gasteiger partial charge on any atom is 0.313 e. The van der Waals surface area contributed by atoms with Gasteiger partial charge in [-0.25, -0.2) is 0 Å². The SMILES string of the molecule is CCC(C)c1ccccc1NC(=O)C(=O)N1CCCC1. The second-order valence-electron chi connectivity index (χ2n) is 5.35. The molecule has 2 amide bonds. The molecular formula is C16H22N2O2. The number of benzene rings is 1. The average Bonchev–Trinajstić information content (AvgIpc) is 3.00. The van der Waals surface area contributed by atoms with Gasteiger partial charge in [-0.3, -0.25) is 9.59 Å². The summed E-state index contributed by atoms with van der Waals surface area (Å²) in [6.07, 6.45) is 2.97. The zero-order chi connectivity index (χ0) is 14.5. The summed E-state index contributed by atoms with van der Waals surface area (Å²) in [7, 11) is 0. The highest BCUT2D eigenvalue weighted by Gasteiger charge is 2.25. The highest BCUT2D eigenvalue weighted by molar-refractivity contribution is 6.39. The molecule has 1 heterocycles. The first-order valence-electron chi connectivity index (χ1n) is 7.32. The van der Waals surface area contributed by atoms with Crippen molar-refractivity contribution in [3.8, 4) is 0 Å². The number of hydrogen-bond donors (Lipinski definition) is 1. The van der Waals surface area contributed by atoms with Crippen LogP contribution in [-0.2, 0) is 9.59 Å². The predicted molar refractivity (Wildman–Crippen MR) is 79.6 cm³/mol. The summed E-state index contributed by atoms with van der Waals surface area (Å²) in [6, 6.07) is 7.70. The monoisotopic (exact) mass is 274 g/mol. The molecule has 1 aromatic rings. The molecule has 20 heavy (non-hydrogen) atoms. The van der Waals surface area contributed by atoms with Crippen molar-refractivity contribution < 1.29 is 9.59 Å². The number of carbonyl (C=O) groups excluding carboxylic acids is 2. The largest absolute Gasteiger partial charge is 0.334 e. The van der Waals surface area contributed by atoms with Gasteiger partial charge in [0, 0.05) is 18.8 Å². The number of nitrogens with one attached hydrogen (secondary N) is 1. The topological polar surface area (TPSA) is 49.4 Å². The molecule has 1 atom stereocenters. The lowest BCUT2D eigenvalue weighted by molar-refractivity contribution is -0.142. The van der Waals surface area contributed by atoms with Gasteiger partial charge < -0.3 is 10.2 Å². The van der Waals surface area contributed by atoms with Gasteiger partial charge in [0.05, 0.1) is 0 Å². The Balaban J connectivity index is 2.09. The lowest BCUT2D eigenvalue weighted by Crippen LogP contribution is -2.37. The Kier molecular flexibility index (Phi) is 4.77. The highest BCUT2D eigenvalue weighted by Crippen LogP contribution is 2.26. The Morgan fingerprint density at radius 1 is 1.25 bits per heavy atom. The minimum atomic E-state index is -0.525. The molecule has 0 aliphatic carbocycles. The van der Waals surface area contributed by atoms with Gasteiger partial charge in [-0.2, -0.15) is 0 Å². The third-order valence-corrected chi connectivity index (χ3v) is 3.94. The highest BCUT2D eigenvalue weighted by atomic mass is 16.2. The molecule has 1 aliphatic rings. The van der Waals surface area contributed by atoms with E-state index in [0.29, 0.717) is 19.0 Å². The average molecular weight is 274 g/mol. The number of rotatable bonds is 3. The Labute approximate surface area is 120 Å². The first-order chi connectivity index (χ1) is 9.63. The van der Waals surface area contributed by atoms with E-state index >= 15 is 0 Å². The molecule has 2 rings (SSSR count). The summed E-state index contributed by atoms with van der Waals surface area (Å²) >= 11 is 0. The van der Waals surface area contributed by atoms with Gasteiger partial charge in [-0.1, -0.05) is 32.0 Å². The molecule has 1 aliphatic heterocycles. The van der Waals surface area contributed by atoms with Crippen LogP contribution in [0.25, 0.3) is 0 Å². The molecule has 1 fully saturated rings. The summed E-state index contributed by atoms with van der Waals surface area (Å²) in [6.45, 7) is 5.62. The molecule has 108 valence electrons. The maximum atomic E-state index is 12.1. The zero-order valence-corrected chi connectivity index (χ0v) is 12.2. The second kappa shape index (κ2) is 6.55. The lowest BCUT2D eigenvalue weighted by Gasteiger charge is -2.18. The Hall–Kier alpha value is -1.84. The number of para-hydroxylation sites is 1. The van der Waals surface area contributed by atoms with Crippen molar-refractivity contribution in [3.05, 3.63) is 29.8 Å². The summed E-state index contributed by atoms with van der Waals surface area (Å²) < 4.78 is 0. The number of likely N-dealkylation sites (tertiary alicyclic amines) is 1. The normalized spacial score (nSPS) is 16.0. The number of anilines is 1. The maximum absolute atomic E-state index is 12.1. The van der Waals surface area contributed by atoms with Gasteiger partial charge in [0.25, 0.3) is 0 Å². The predicted octanol–water partition coefficient (Wildman–Crippen LogP) is 2.76. The van der Waals surface area contributed by atoms with Crippen LogP contribution in [0, 0.1) is 0 Å². The van der Waals surface area contributed by atoms with Crippen molar-refractivity contribution in [1.29, 1.82) is 0 Å². The fourth-order valence-corrected chi connectivity index (χ4v) is 2.50. The molecule has 4 heteroatoms. The van der Waals surface area contributed by atoms with E-state index in [9.17, 15) is 9.59 Å². The number of nitrogens with zero attached hydrogens (tertiary/aromatic N) is 1. The fourth-order valence-electron chi connectivity index (χ4n) is 2.50. The van der Waals surface area contributed by atoms with Crippen molar-refractivity contribution >= 4 is 17.5 Å². The fraction of sp³-hybridized carbons (Fsp3) is 0.500.